The van der Waals surface area contributed by atoms with Crippen LogP contribution in [-0.4, -0.2) is 25.8 Å². The highest BCUT2D eigenvalue weighted by Crippen LogP contribution is 2.28. The summed E-state index contributed by atoms with van der Waals surface area (Å²) in [4.78, 5) is 15.8. The van der Waals surface area contributed by atoms with E-state index in [2.05, 4.69) is 11.9 Å². The molecule has 0 amide bonds. The van der Waals surface area contributed by atoms with Crippen LogP contribution in [0.15, 0.2) is 36.4 Å². The maximum absolute atomic E-state index is 11.2. The molecule has 2 aromatic heterocycles. The van der Waals surface area contributed by atoms with Gasteiger partial charge in [-0.05, 0) is 43.7 Å². The summed E-state index contributed by atoms with van der Waals surface area (Å²) in [5.41, 5.74) is 3.67. The van der Waals surface area contributed by atoms with Crippen molar-refractivity contribution in [2.75, 3.05) is 0 Å². The van der Waals surface area contributed by atoms with Gasteiger partial charge in [-0.1, -0.05) is 19.4 Å². The number of aryl methyl sites for hydroxylation is 2. The molecule has 3 rings (SSSR count). The lowest BCUT2D eigenvalue weighted by Crippen LogP contribution is -2.01. The summed E-state index contributed by atoms with van der Waals surface area (Å²) in [5, 5.41) is 14.9. The van der Waals surface area contributed by atoms with Gasteiger partial charge < -0.3 is 5.11 Å². The van der Waals surface area contributed by atoms with Gasteiger partial charge in [-0.2, -0.15) is 5.10 Å². The van der Waals surface area contributed by atoms with Gasteiger partial charge in [0.15, 0.2) is 0 Å². The Balaban J connectivity index is 2.20. The molecule has 0 aliphatic carbocycles. The zero-order valence-corrected chi connectivity index (χ0v) is 13.3. The van der Waals surface area contributed by atoms with Crippen LogP contribution < -0.4 is 0 Å². The lowest BCUT2D eigenvalue weighted by atomic mass is 10.1. The van der Waals surface area contributed by atoms with Gasteiger partial charge >= 0.3 is 5.97 Å². The second-order valence-corrected chi connectivity index (χ2v) is 5.63. The van der Waals surface area contributed by atoms with Gasteiger partial charge in [0.05, 0.1) is 16.8 Å². The number of nitrogens with zero attached hydrogens (tertiary/aromatic N) is 3. The standard InChI is InChI=1S/C18H19N3O2/c1-3-4-10-21-16-11-13(18(22)23)8-9-14(16)17(20-21)15-7-5-6-12(2)19-15/h5-9,11H,3-4,10H2,1-2H3,(H,22,23). The number of carboxylic acid groups (broad SMARTS) is 1. The number of hydrogen-bond acceptors (Lipinski definition) is 3. The molecule has 0 radical (unpaired) electrons. The second-order valence-electron chi connectivity index (χ2n) is 5.63. The Morgan fingerprint density at radius 3 is 2.78 bits per heavy atom. The van der Waals surface area contributed by atoms with Crippen molar-refractivity contribution < 1.29 is 9.90 Å². The van der Waals surface area contributed by atoms with E-state index in [4.69, 9.17) is 5.10 Å². The van der Waals surface area contributed by atoms with Crippen LogP contribution in [0, 0.1) is 6.92 Å². The fraction of sp³-hybridized carbons (Fsp3) is 0.278. The van der Waals surface area contributed by atoms with Crippen molar-refractivity contribution in [2.24, 2.45) is 0 Å². The molecule has 0 unspecified atom stereocenters. The second kappa shape index (κ2) is 6.20. The summed E-state index contributed by atoms with van der Waals surface area (Å²) < 4.78 is 1.89. The van der Waals surface area contributed by atoms with Gasteiger partial charge in [0, 0.05) is 17.6 Å². The Kier molecular flexibility index (Phi) is 4.10. The van der Waals surface area contributed by atoms with Crippen LogP contribution in [0.1, 0.15) is 35.8 Å². The number of carboxylic acids is 1. The summed E-state index contributed by atoms with van der Waals surface area (Å²) in [5.74, 6) is -0.926. The Morgan fingerprint density at radius 1 is 1.26 bits per heavy atom. The van der Waals surface area contributed by atoms with Gasteiger partial charge in [-0.25, -0.2) is 4.79 Å². The normalized spacial score (nSPS) is 11.0. The SMILES string of the molecule is CCCCn1nc(-c2cccc(C)n2)c2ccc(C(=O)O)cc21. The van der Waals surface area contributed by atoms with Crippen molar-refractivity contribution in [3.05, 3.63) is 47.7 Å². The molecule has 2 heterocycles. The number of rotatable bonds is 5. The summed E-state index contributed by atoms with van der Waals surface area (Å²) in [6.07, 6.45) is 2.05. The topological polar surface area (TPSA) is 68.0 Å². The lowest BCUT2D eigenvalue weighted by molar-refractivity contribution is 0.0697. The lowest BCUT2D eigenvalue weighted by Gasteiger charge is -2.02. The van der Waals surface area contributed by atoms with E-state index in [1.807, 2.05) is 35.9 Å². The Bertz CT molecular complexity index is 868. The summed E-state index contributed by atoms with van der Waals surface area (Å²) in [7, 11) is 0. The van der Waals surface area contributed by atoms with Crippen molar-refractivity contribution in [3.63, 3.8) is 0 Å². The average Bonchev–Trinajstić information content (AvgIpc) is 2.91. The molecule has 3 aromatic rings. The van der Waals surface area contributed by atoms with Gasteiger partial charge in [0.2, 0.25) is 0 Å². The number of aromatic nitrogens is 3. The summed E-state index contributed by atoms with van der Waals surface area (Å²) in [6, 6.07) is 11.0. The molecule has 0 bridgehead atoms. The number of aromatic carboxylic acids is 1. The third kappa shape index (κ3) is 2.95. The molecule has 118 valence electrons. The quantitative estimate of drug-likeness (QED) is 0.776. The van der Waals surface area contributed by atoms with Gasteiger partial charge in [0.25, 0.3) is 0 Å². The summed E-state index contributed by atoms with van der Waals surface area (Å²) in [6.45, 7) is 4.83. The molecule has 0 atom stereocenters. The van der Waals surface area contributed by atoms with E-state index >= 15 is 0 Å². The largest absolute Gasteiger partial charge is 0.478 e. The molecule has 5 heteroatoms. The molecule has 0 saturated carbocycles. The zero-order valence-electron chi connectivity index (χ0n) is 13.3. The van der Waals surface area contributed by atoms with E-state index in [9.17, 15) is 9.90 Å². The third-order valence-corrected chi connectivity index (χ3v) is 3.85. The number of pyridine rings is 1. The molecule has 0 fully saturated rings. The van der Waals surface area contributed by atoms with E-state index < -0.39 is 5.97 Å². The smallest absolute Gasteiger partial charge is 0.335 e. The molecule has 0 saturated heterocycles. The molecular weight excluding hydrogens is 290 g/mol. The molecule has 1 N–H and O–H groups in total. The first-order valence-electron chi connectivity index (χ1n) is 7.78. The van der Waals surface area contributed by atoms with Crippen LogP contribution in [0.3, 0.4) is 0 Å². The predicted molar refractivity (Wildman–Crippen MR) is 89.6 cm³/mol. The van der Waals surface area contributed by atoms with Crippen molar-refractivity contribution >= 4 is 16.9 Å². The number of carbonyl (C=O) groups is 1. The van der Waals surface area contributed by atoms with Crippen LogP contribution in [0.5, 0.6) is 0 Å². The van der Waals surface area contributed by atoms with E-state index in [0.29, 0.717) is 0 Å². The zero-order chi connectivity index (χ0) is 16.4. The van der Waals surface area contributed by atoms with Crippen molar-refractivity contribution in [1.29, 1.82) is 0 Å². The Morgan fingerprint density at radius 2 is 2.09 bits per heavy atom. The first kappa shape index (κ1) is 15.2. The highest BCUT2D eigenvalue weighted by molar-refractivity contribution is 5.98. The van der Waals surface area contributed by atoms with Crippen molar-refractivity contribution in [3.8, 4) is 11.4 Å². The van der Waals surface area contributed by atoms with E-state index in [-0.39, 0.29) is 5.56 Å². The molecule has 0 aliphatic heterocycles. The van der Waals surface area contributed by atoms with E-state index in [0.717, 1.165) is 47.4 Å². The predicted octanol–water partition coefficient (Wildman–Crippen LogP) is 3.91. The number of unbranched alkanes of at least 4 members (excludes halogenated alkanes) is 1. The number of hydrogen-bond donors (Lipinski definition) is 1. The van der Waals surface area contributed by atoms with Gasteiger partial charge in [-0.3, -0.25) is 9.67 Å². The molecule has 23 heavy (non-hydrogen) atoms. The highest BCUT2D eigenvalue weighted by atomic mass is 16.4. The average molecular weight is 309 g/mol. The third-order valence-electron chi connectivity index (χ3n) is 3.85. The van der Waals surface area contributed by atoms with Crippen LogP contribution in [0.2, 0.25) is 0 Å². The first-order valence-corrected chi connectivity index (χ1v) is 7.78. The number of fused-ring (bicyclic) bond motifs is 1. The number of benzene rings is 1. The van der Waals surface area contributed by atoms with Crippen molar-refractivity contribution in [1.82, 2.24) is 14.8 Å². The minimum Gasteiger partial charge on any atom is -0.478 e. The Hall–Kier alpha value is -2.69. The molecule has 0 aliphatic rings. The first-order chi connectivity index (χ1) is 11.1. The van der Waals surface area contributed by atoms with Crippen LogP contribution >= 0.6 is 0 Å². The van der Waals surface area contributed by atoms with Gasteiger partial charge in [0.1, 0.15) is 5.69 Å². The van der Waals surface area contributed by atoms with Gasteiger partial charge in [-0.15, -0.1) is 0 Å². The fourth-order valence-electron chi connectivity index (χ4n) is 2.65. The minimum absolute atomic E-state index is 0.277. The maximum Gasteiger partial charge on any atom is 0.335 e. The van der Waals surface area contributed by atoms with Crippen LogP contribution in [0.4, 0.5) is 0 Å². The highest BCUT2D eigenvalue weighted by Gasteiger charge is 2.15. The van der Waals surface area contributed by atoms with Crippen LogP contribution in [0.25, 0.3) is 22.3 Å². The van der Waals surface area contributed by atoms with E-state index in [1.165, 1.54) is 0 Å². The summed E-state index contributed by atoms with van der Waals surface area (Å²) >= 11 is 0. The molecule has 0 spiro atoms. The molecule has 1 aromatic carbocycles. The fourth-order valence-corrected chi connectivity index (χ4v) is 2.65. The maximum atomic E-state index is 11.2. The molecule has 5 nitrogen and oxygen atoms in total. The van der Waals surface area contributed by atoms with Crippen molar-refractivity contribution in [2.45, 2.75) is 33.2 Å². The van der Waals surface area contributed by atoms with Crippen LogP contribution in [-0.2, 0) is 6.54 Å². The minimum atomic E-state index is -0.926. The molecular formula is C18H19N3O2. The van der Waals surface area contributed by atoms with E-state index in [1.54, 1.807) is 12.1 Å². The Labute approximate surface area is 134 Å². The monoisotopic (exact) mass is 309 g/mol.